The molecule has 2 rings (SSSR count). The summed E-state index contributed by atoms with van der Waals surface area (Å²) < 4.78 is 0. The monoisotopic (exact) mass is 282 g/mol. The van der Waals surface area contributed by atoms with E-state index in [1.54, 1.807) is 4.90 Å². The lowest BCUT2D eigenvalue weighted by Gasteiger charge is -2.21. The second kappa shape index (κ2) is 6.57. The second-order valence-corrected chi connectivity index (χ2v) is 6.40. The first-order valence-electron chi connectivity index (χ1n) is 7.74. The van der Waals surface area contributed by atoms with Gasteiger partial charge in [0.1, 0.15) is 0 Å². The lowest BCUT2D eigenvalue weighted by atomic mass is 10.0. The minimum atomic E-state index is -0.445. The highest BCUT2D eigenvalue weighted by molar-refractivity contribution is 5.89. The molecule has 0 aromatic heterocycles. The van der Waals surface area contributed by atoms with Gasteiger partial charge in [-0.1, -0.05) is 12.8 Å². The summed E-state index contributed by atoms with van der Waals surface area (Å²) in [6.45, 7) is 4.74. The summed E-state index contributed by atoms with van der Waals surface area (Å²) in [4.78, 5) is 25.6. The quantitative estimate of drug-likeness (QED) is 0.787. The minimum Gasteiger partial charge on any atom is -0.391 e. The van der Waals surface area contributed by atoms with E-state index in [-0.39, 0.29) is 23.8 Å². The van der Waals surface area contributed by atoms with E-state index in [1.807, 2.05) is 13.8 Å². The van der Waals surface area contributed by atoms with Gasteiger partial charge in [0.15, 0.2) is 0 Å². The Balaban J connectivity index is 1.76. The van der Waals surface area contributed by atoms with Crippen molar-refractivity contribution in [1.29, 1.82) is 0 Å². The first-order valence-corrected chi connectivity index (χ1v) is 7.74. The summed E-state index contributed by atoms with van der Waals surface area (Å²) in [7, 11) is 0. The Morgan fingerprint density at radius 2 is 2.05 bits per heavy atom. The van der Waals surface area contributed by atoms with Gasteiger partial charge in [-0.3, -0.25) is 9.59 Å². The van der Waals surface area contributed by atoms with Crippen molar-refractivity contribution in [2.45, 2.75) is 58.1 Å². The number of hydrogen-bond acceptors (Lipinski definition) is 3. The predicted octanol–water partition coefficient (Wildman–Crippen LogP) is 0.911. The Hall–Kier alpha value is -1.10. The number of rotatable bonds is 5. The summed E-state index contributed by atoms with van der Waals surface area (Å²) in [5, 5.41) is 12.9. The van der Waals surface area contributed by atoms with Gasteiger partial charge in [-0.25, -0.2) is 0 Å². The normalized spacial score (nSPS) is 25.5. The van der Waals surface area contributed by atoms with Crippen molar-refractivity contribution in [3.63, 3.8) is 0 Å². The fourth-order valence-corrected chi connectivity index (χ4v) is 3.26. The van der Waals surface area contributed by atoms with Crippen molar-refractivity contribution < 1.29 is 14.7 Å². The number of nitrogens with one attached hydrogen (secondary N) is 1. The Morgan fingerprint density at radius 3 is 2.60 bits per heavy atom. The topological polar surface area (TPSA) is 69.6 Å². The molecule has 2 unspecified atom stereocenters. The summed E-state index contributed by atoms with van der Waals surface area (Å²) in [6, 6.07) is 0.143. The molecule has 1 aliphatic heterocycles. The fraction of sp³-hybridized carbons (Fsp3) is 0.867. The standard InChI is InChI=1S/C15H26N2O3/c1-10(2)17-9-12(7-14(17)19)15(20)16-8-13(18)11-5-3-4-6-11/h10-13,18H,3-9H2,1-2H3,(H,16,20). The Labute approximate surface area is 120 Å². The molecule has 1 saturated carbocycles. The number of carbonyl (C=O) groups excluding carboxylic acids is 2. The molecule has 2 N–H and O–H groups in total. The SMILES string of the molecule is CC(C)N1CC(C(=O)NCC(O)C2CCCC2)CC1=O. The van der Waals surface area contributed by atoms with Crippen molar-refractivity contribution in [1.82, 2.24) is 10.2 Å². The molecule has 5 heteroatoms. The molecule has 0 spiro atoms. The van der Waals surface area contributed by atoms with Crippen LogP contribution >= 0.6 is 0 Å². The third-order valence-corrected chi connectivity index (χ3v) is 4.58. The molecule has 20 heavy (non-hydrogen) atoms. The van der Waals surface area contributed by atoms with Gasteiger partial charge in [0.05, 0.1) is 12.0 Å². The number of aliphatic hydroxyl groups excluding tert-OH is 1. The van der Waals surface area contributed by atoms with E-state index in [1.165, 1.54) is 12.8 Å². The average molecular weight is 282 g/mol. The number of aliphatic hydroxyl groups is 1. The molecule has 0 aromatic rings. The van der Waals surface area contributed by atoms with E-state index in [4.69, 9.17) is 0 Å². The first-order chi connectivity index (χ1) is 9.49. The third-order valence-electron chi connectivity index (χ3n) is 4.58. The molecular weight excluding hydrogens is 256 g/mol. The molecule has 2 amide bonds. The predicted molar refractivity (Wildman–Crippen MR) is 75.9 cm³/mol. The van der Waals surface area contributed by atoms with E-state index in [0.717, 1.165) is 12.8 Å². The van der Waals surface area contributed by atoms with Crippen LogP contribution in [0.1, 0.15) is 46.0 Å². The maximum Gasteiger partial charge on any atom is 0.225 e. The largest absolute Gasteiger partial charge is 0.391 e. The molecule has 2 atom stereocenters. The zero-order chi connectivity index (χ0) is 14.7. The molecule has 114 valence electrons. The Morgan fingerprint density at radius 1 is 1.40 bits per heavy atom. The summed E-state index contributed by atoms with van der Waals surface area (Å²) in [5.41, 5.74) is 0. The summed E-state index contributed by atoms with van der Waals surface area (Å²) in [6.07, 6.45) is 4.32. The molecule has 5 nitrogen and oxygen atoms in total. The molecule has 1 aliphatic carbocycles. The van der Waals surface area contributed by atoms with Gasteiger partial charge in [0, 0.05) is 25.6 Å². The van der Waals surface area contributed by atoms with Crippen molar-refractivity contribution in [3.05, 3.63) is 0 Å². The molecule has 1 heterocycles. The van der Waals surface area contributed by atoms with Crippen LogP contribution in [0.15, 0.2) is 0 Å². The highest BCUT2D eigenvalue weighted by atomic mass is 16.3. The molecule has 2 aliphatic rings. The maximum atomic E-state index is 12.1. The molecule has 0 radical (unpaired) electrons. The van der Waals surface area contributed by atoms with E-state index in [0.29, 0.717) is 25.4 Å². The van der Waals surface area contributed by atoms with Gasteiger partial charge >= 0.3 is 0 Å². The van der Waals surface area contributed by atoms with Crippen LogP contribution in [0.2, 0.25) is 0 Å². The lowest BCUT2D eigenvalue weighted by molar-refractivity contribution is -0.130. The van der Waals surface area contributed by atoms with Gasteiger partial charge in [0.2, 0.25) is 11.8 Å². The highest BCUT2D eigenvalue weighted by Crippen LogP contribution is 2.27. The van der Waals surface area contributed by atoms with Crippen LogP contribution < -0.4 is 5.32 Å². The van der Waals surface area contributed by atoms with E-state index in [9.17, 15) is 14.7 Å². The van der Waals surface area contributed by atoms with Gasteiger partial charge in [-0.05, 0) is 32.6 Å². The average Bonchev–Trinajstić information content (AvgIpc) is 3.04. The van der Waals surface area contributed by atoms with Crippen LogP contribution in [-0.4, -0.2) is 47.1 Å². The van der Waals surface area contributed by atoms with Gasteiger partial charge in [-0.15, -0.1) is 0 Å². The third kappa shape index (κ3) is 3.51. The van der Waals surface area contributed by atoms with Crippen molar-refractivity contribution in [3.8, 4) is 0 Å². The molecule has 0 bridgehead atoms. The van der Waals surface area contributed by atoms with Crippen LogP contribution in [0.25, 0.3) is 0 Å². The van der Waals surface area contributed by atoms with Crippen LogP contribution in [0.5, 0.6) is 0 Å². The van der Waals surface area contributed by atoms with Crippen molar-refractivity contribution in [2.24, 2.45) is 11.8 Å². The van der Waals surface area contributed by atoms with Crippen molar-refractivity contribution in [2.75, 3.05) is 13.1 Å². The summed E-state index contributed by atoms with van der Waals surface area (Å²) in [5.74, 6) is 0.0170. The fourth-order valence-electron chi connectivity index (χ4n) is 3.26. The number of nitrogens with zero attached hydrogens (tertiary/aromatic N) is 1. The van der Waals surface area contributed by atoms with Crippen molar-refractivity contribution >= 4 is 11.8 Å². The highest BCUT2D eigenvalue weighted by Gasteiger charge is 2.35. The zero-order valence-corrected chi connectivity index (χ0v) is 12.5. The van der Waals surface area contributed by atoms with E-state index in [2.05, 4.69) is 5.32 Å². The Kier molecular flexibility index (Phi) is 5.02. The van der Waals surface area contributed by atoms with Gasteiger partial charge < -0.3 is 15.3 Å². The number of likely N-dealkylation sites (tertiary alicyclic amines) is 1. The van der Waals surface area contributed by atoms with Crippen LogP contribution in [0.4, 0.5) is 0 Å². The molecule has 1 saturated heterocycles. The molecule has 2 fully saturated rings. The maximum absolute atomic E-state index is 12.1. The number of hydrogen-bond donors (Lipinski definition) is 2. The van der Waals surface area contributed by atoms with Gasteiger partial charge in [-0.2, -0.15) is 0 Å². The van der Waals surface area contributed by atoms with Crippen LogP contribution in [0, 0.1) is 11.8 Å². The van der Waals surface area contributed by atoms with Crippen LogP contribution in [0.3, 0.4) is 0 Å². The smallest absolute Gasteiger partial charge is 0.225 e. The zero-order valence-electron chi connectivity index (χ0n) is 12.5. The summed E-state index contributed by atoms with van der Waals surface area (Å²) >= 11 is 0. The van der Waals surface area contributed by atoms with Gasteiger partial charge in [0.25, 0.3) is 0 Å². The first kappa shape index (κ1) is 15.3. The second-order valence-electron chi connectivity index (χ2n) is 6.40. The molecular formula is C15H26N2O3. The number of amides is 2. The van der Waals surface area contributed by atoms with E-state index >= 15 is 0 Å². The number of carbonyl (C=O) groups is 2. The lowest BCUT2D eigenvalue weighted by Crippen LogP contribution is -2.40. The van der Waals surface area contributed by atoms with E-state index < -0.39 is 6.10 Å². The molecule has 0 aromatic carbocycles. The van der Waals surface area contributed by atoms with Crippen LogP contribution in [-0.2, 0) is 9.59 Å². The Bertz CT molecular complexity index is 364. The minimum absolute atomic E-state index is 0.0523.